The van der Waals surface area contributed by atoms with Gasteiger partial charge in [-0.1, -0.05) is 60.3 Å². The largest absolute Gasteiger partial charge is 0.507 e. The number of hydrogen-bond donors (Lipinski definition) is 1. The van der Waals surface area contributed by atoms with Gasteiger partial charge in [-0.2, -0.15) is 0 Å². The summed E-state index contributed by atoms with van der Waals surface area (Å²) < 4.78 is 5.65. The number of aromatic hydroxyl groups is 1. The van der Waals surface area contributed by atoms with Crippen LogP contribution in [-0.2, 0) is 10.2 Å². The average molecular weight is 335 g/mol. The van der Waals surface area contributed by atoms with E-state index in [0.29, 0.717) is 5.75 Å². The molecule has 0 aliphatic carbocycles. The Bertz CT molecular complexity index is 541. The highest BCUT2D eigenvalue weighted by Gasteiger charge is 2.23. The maximum Gasteiger partial charge on any atom is 0.314 e. The van der Waals surface area contributed by atoms with Gasteiger partial charge in [-0.15, -0.1) is 0 Å². The summed E-state index contributed by atoms with van der Waals surface area (Å²) in [5.41, 5.74) is 1.34. The van der Waals surface area contributed by atoms with Crippen molar-refractivity contribution in [2.45, 2.75) is 85.5 Å². The second-order valence-electron chi connectivity index (χ2n) is 7.76. The van der Waals surface area contributed by atoms with E-state index in [9.17, 15) is 9.90 Å². The van der Waals surface area contributed by atoms with Crippen molar-refractivity contribution in [3.05, 3.63) is 23.3 Å². The van der Waals surface area contributed by atoms with Crippen molar-refractivity contribution < 1.29 is 14.6 Å². The average Bonchev–Trinajstić information content (AvgIpc) is 2.49. The third kappa shape index (κ3) is 5.85. The number of ether oxygens (including phenoxy) is 1. The molecule has 0 heterocycles. The predicted octanol–water partition coefficient (Wildman–Crippen LogP) is 5.90. The molecule has 0 aliphatic heterocycles. The molecule has 3 heteroatoms. The maximum atomic E-state index is 12.5. The number of unbranched alkanes of at least 4 members (excludes halogenated alkanes) is 3. The Hall–Kier alpha value is -1.51. The van der Waals surface area contributed by atoms with Gasteiger partial charge in [0.25, 0.3) is 0 Å². The van der Waals surface area contributed by atoms with Crippen LogP contribution in [0.3, 0.4) is 0 Å². The van der Waals surface area contributed by atoms with Gasteiger partial charge >= 0.3 is 5.97 Å². The lowest BCUT2D eigenvalue weighted by Crippen LogP contribution is -2.20. The zero-order valence-electron chi connectivity index (χ0n) is 16.2. The molecular formula is C21H34O3. The normalized spacial score (nSPS) is 12.9. The minimum atomic E-state index is -0.207. The van der Waals surface area contributed by atoms with Crippen molar-refractivity contribution >= 4 is 5.97 Å². The summed E-state index contributed by atoms with van der Waals surface area (Å²) in [6, 6.07) is 3.54. The van der Waals surface area contributed by atoms with Crippen LogP contribution >= 0.6 is 0 Å². The molecule has 0 fully saturated rings. The number of carbonyl (C=O) groups excluding carboxylic acids is 1. The van der Waals surface area contributed by atoms with Crippen LogP contribution in [0.25, 0.3) is 0 Å². The number of carbonyl (C=O) groups is 1. The minimum Gasteiger partial charge on any atom is -0.507 e. The van der Waals surface area contributed by atoms with Crippen LogP contribution in [0.1, 0.15) is 84.3 Å². The fraction of sp³-hybridized carbons (Fsp3) is 0.667. The van der Waals surface area contributed by atoms with E-state index in [0.717, 1.165) is 30.4 Å². The Labute approximate surface area is 147 Å². The van der Waals surface area contributed by atoms with E-state index in [-0.39, 0.29) is 23.1 Å². The highest BCUT2D eigenvalue weighted by Crippen LogP contribution is 2.36. The number of hydrogen-bond acceptors (Lipinski definition) is 3. The molecule has 0 amide bonds. The molecule has 1 atom stereocenters. The first-order valence-corrected chi connectivity index (χ1v) is 9.26. The van der Waals surface area contributed by atoms with Gasteiger partial charge in [-0.25, -0.2) is 0 Å². The summed E-state index contributed by atoms with van der Waals surface area (Å²) in [4.78, 5) is 12.5. The van der Waals surface area contributed by atoms with Crippen LogP contribution < -0.4 is 4.74 Å². The van der Waals surface area contributed by atoms with Gasteiger partial charge in [0.05, 0.1) is 5.92 Å². The molecule has 24 heavy (non-hydrogen) atoms. The summed E-state index contributed by atoms with van der Waals surface area (Å²) in [5.74, 6) is 0.620. The predicted molar refractivity (Wildman–Crippen MR) is 99.7 cm³/mol. The van der Waals surface area contributed by atoms with Gasteiger partial charge in [-0.05, 0) is 42.9 Å². The smallest absolute Gasteiger partial charge is 0.314 e. The van der Waals surface area contributed by atoms with E-state index in [1.807, 2.05) is 34.6 Å². The number of benzene rings is 1. The van der Waals surface area contributed by atoms with Crippen LogP contribution in [0.4, 0.5) is 0 Å². The van der Waals surface area contributed by atoms with Crippen molar-refractivity contribution in [1.29, 1.82) is 0 Å². The molecule has 0 radical (unpaired) electrons. The second-order valence-corrected chi connectivity index (χ2v) is 7.76. The van der Waals surface area contributed by atoms with Gasteiger partial charge in [0, 0.05) is 5.56 Å². The molecular weight excluding hydrogens is 300 g/mol. The molecule has 136 valence electrons. The summed E-state index contributed by atoms with van der Waals surface area (Å²) in [7, 11) is 0. The SMILES string of the molecule is CCCCCCC(CC)C(=O)Oc1cc(C)c(O)c(C(C)(C)C)c1. The zero-order chi connectivity index (χ0) is 18.3. The Kier molecular flexibility index (Phi) is 7.78. The Balaban J connectivity index is 2.83. The van der Waals surface area contributed by atoms with E-state index in [4.69, 9.17) is 4.74 Å². The first-order valence-electron chi connectivity index (χ1n) is 9.26. The summed E-state index contributed by atoms with van der Waals surface area (Å²) in [6.07, 6.45) is 6.35. The number of rotatable bonds is 8. The van der Waals surface area contributed by atoms with Gasteiger partial charge in [0.1, 0.15) is 11.5 Å². The first kappa shape index (κ1) is 20.5. The molecule has 0 spiro atoms. The van der Waals surface area contributed by atoms with Gasteiger partial charge in [-0.3, -0.25) is 4.79 Å². The van der Waals surface area contributed by atoms with E-state index in [2.05, 4.69) is 6.92 Å². The third-order valence-corrected chi connectivity index (χ3v) is 4.53. The number of esters is 1. The van der Waals surface area contributed by atoms with Crippen molar-refractivity contribution in [3.63, 3.8) is 0 Å². The van der Waals surface area contributed by atoms with Crippen LogP contribution in [0.15, 0.2) is 12.1 Å². The molecule has 1 unspecified atom stereocenters. The molecule has 0 aliphatic rings. The lowest BCUT2D eigenvalue weighted by atomic mass is 9.85. The maximum absolute atomic E-state index is 12.5. The first-order chi connectivity index (χ1) is 11.2. The third-order valence-electron chi connectivity index (χ3n) is 4.53. The lowest BCUT2D eigenvalue weighted by Gasteiger charge is -2.23. The summed E-state index contributed by atoms with van der Waals surface area (Å²) in [5, 5.41) is 10.3. The second kappa shape index (κ2) is 9.10. The number of phenolic OH excluding ortho intramolecular Hbond substituents is 1. The van der Waals surface area contributed by atoms with Crippen molar-refractivity contribution in [2.24, 2.45) is 5.92 Å². The van der Waals surface area contributed by atoms with E-state index >= 15 is 0 Å². The van der Waals surface area contributed by atoms with Crippen LogP contribution in [0.2, 0.25) is 0 Å². The monoisotopic (exact) mass is 334 g/mol. The topological polar surface area (TPSA) is 46.5 Å². The molecule has 1 aromatic carbocycles. The molecule has 1 N–H and O–H groups in total. The number of aryl methyl sites for hydroxylation is 1. The highest BCUT2D eigenvalue weighted by atomic mass is 16.5. The van der Waals surface area contributed by atoms with Crippen LogP contribution in [0.5, 0.6) is 11.5 Å². The van der Waals surface area contributed by atoms with Gasteiger partial charge in [0.15, 0.2) is 0 Å². The Morgan fingerprint density at radius 3 is 2.38 bits per heavy atom. The van der Waals surface area contributed by atoms with E-state index in [1.54, 1.807) is 12.1 Å². The number of phenols is 1. The lowest BCUT2D eigenvalue weighted by molar-refractivity contribution is -0.139. The molecule has 0 aromatic heterocycles. The fourth-order valence-corrected chi connectivity index (χ4v) is 2.88. The van der Waals surface area contributed by atoms with Crippen molar-refractivity contribution in [3.8, 4) is 11.5 Å². The Morgan fingerprint density at radius 1 is 1.17 bits per heavy atom. The van der Waals surface area contributed by atoms with Crippen molar-refractivity contribution in [2.75, 3.05) is 0 Å². The van der Waals surface area contributed by atoms with Crippen LogP contribution in [0, 0.1) is 12.8 Å². The standard InChI is InChI=1S/C21H34O3/c1-7-9-10-11-12-16(8-2)20(23)24-17-13-15(3)19(22)18(14-17)21(4,5)6/h13-14,16,22H,7-12H2,1-6H3. The highest BCUT2D eigenvalue weighted by molar-refractivity contribution is 5.75. The zero-order valence-corrected chi connectivity index (χ0v) is 16.2. The molecule has 0 bridgehead atoms. The summed E-state index contributed by atoms with van der Waals surface area (Å²) in [6.45, 7) is 12.2. The molecule has 1 rings (SSSR count). The van der Waals surface area contributed by atoms with E-state index < -0.39 is 0 Å². The molecule has 0 saturated carbocycles. The molecule has 1 aromatic rings. The molecule has 3 nitrogen and oxygen atoms in total. The Morgan fingerprint density at radius 2 is 1.83 bits per heavy atom. The van der Waals surface area contributed by atoms with Gasteiger partial charge < -0.3 is 9.84 Å². The van der Waals surface area contributed by atoms with E-state index in [1.165, 1.54) is 19.3 Å². The molecule has 0 saturated heterocycles. The fourth-order valence-electron chi connectivity index (χ4n) is 2.88. The van der Waals surface area contributed by atoms with Crippen LogP contribution in [-0.4, -0.2) is 11.1 Å². The summed E-state index contributed by atoms with van der Waals surface area (Å²) >= 11 is 0. The van der Waals surface area contributed by atoms with Crippen molar-refractivity contribution in [1.82, 2.24) is 0 Å². The quantitative estimate of drug-likeness (QED) is 0.366. The minimum absolute atomic E-state index is 0.0472. The van der Waals surface area contributed by atoms with Gasteiger partial charge in [0.2, 0.25) is 0 Å².